The molecule has 0 bridgehead atoms. The van der Waals surface area contributed by atoms with Crippen LogP contribution in [0, 0.1) is 13.8 Å². The number of anilines is 1. The molecule has 1 aromatic carbocycles. The van der Waals surface area contributed by atoms with Gasteiger partial charge in [-0.3, -0.25) is 0 Å². The Morgan fingerprint density at radius 3 is 2.42 bits per heavy atom. The van der Waals surface area contributed by atoms with Crippen LogP contribution in [-0.4, -0.2) is 5.16 Å². The van der Waals surface area contributed by atoms with Gasteiger partial charge in [0.2, 0.25) is 0 Å². The van der Waals surface area contributed by atoms with Crippen LogP contribution in [-0.2, 0) is 0 Å². The van der Waals surface area contributed by atoms with Crippen molar-refractivity contribution in [3.05, 3.63) is 35.1 Å². The number of aryl methyl sites for hydroxylation is 2. The highest BCUT2D eigenvalue weighted by Crippen LogP contribution is 2.37. The molecule has 102 valence electrons. The van der Waals surface area contributed by atoms with Crippen molar-refractivity contribution in [2.75, 3.05) is 5.73 Å². The molecule has 0 unspecified atom stereocenters. The highest BCUT2D eigenvalue weighted by Gasteiger charge is 2.22. The minimum absolute atomic E-state index is 0.376. The number of nitrogens with two attached hydrogens (primary N) is 1. The standard InChI is InChI=1S/C16H22N2O/c1-5-12(6-2)15-14(16(17)18-19-15)13-8-7-10(3)11(4)9-13/h7-9,12H,5-6H2,1-4H3,(H2,17,18). The molecule has 0 amide bonds. The van der Waals surface area contributed by atoms with E-state index in [1.807, 2.05) is 0 Å². The third-order valence-electron chi connectivity index (χ3n) is 3.90. The van der Waals surface area contributed by atoms with E-state index < -0.39 is 0 Å². The molecule has 1 aromatic heterocycles. The van der Waals surface area contributed by atoms with Gasteiger partial charge in [-0.05, 0) is 43.4 Å². The smallest absolute Gasteiger partial charge is 0.175 e. The van der Waals surface area contributed by atoms with Gasteiger partial charge in [0.25, 0.3) is 0 Å². The summed E-state index contributed by atoms with van der Waals surface area (Å²) < 4.78 is 5.49. The normalized spacial score (nSPS) is 11.2. The second-order valence-electron chi connectivity index (χ2n) is 5.12. The first-order valence-electron chi connectivity index (χ1n) is 6.91. The molecule has 2 rings (SSSR count). The summed E-state index contributed by atoms with van der Waals surface area (Å²) in [6, 6.07) is 6.37. The van der Waals surface area contributed by atoms with Gasteiger partial charge >= 0.3 is 0 Å². The third kappa shape index (κ3) is 2.50. The van der Waals surface area contributed by atoms with E-state index in [0.29, 0.717) is 11.7 Å². The summed E-state index contributed by atoms with van der Waals surface area (Å²) in [6.45, 7) is 8.55. The Balaban J connectivity index is 2.54. The molecule has 2 aromatic rings. The van der Waals surface area contributed by atoms with E-state index in [1.54, 1.807) is 0 Å². The van der Waals surface area contributed by atoms with Gasteiger partial charge < -0.3 is 10.3 Å². The zero-order valence-electron chi connectivity index (χ0n) is 12.2. The quantitative estimate of drug-likeness (QED) is 0.881. The Labute approximate surface area is 114 Å². The molecule has 0 saturated heterocycles. The van der Waals surface area contributed by atoms with E-state index in [0.717, 1.165) is 29.7 Å². The Bertz CT molecular complexity index is 568. The number of benzene rings is 1. The average molecular weight is 258 g/mol. The summed E-state index contributed by atoms with van der Waals surface area (Å²) >= 11 is 0. The maximum Gasteiger partial charge on any atom is 0.175 e. The Morgan fingerprint density at radius 2 is 1.84 bits per heavy atom. The Kier molecular flexibility index (Phi) is 3.93. The number of nitrogen functional groups attached to an aromatic ring is 1. The van der Waals surface area contributed by atoms with Gasteiger partial charge in [-0.1, -0.05) is 37.2 Å². The number of aromatic nitrogens is 1. The zero-order valence-corrected chi connectivity index (χ0v) is 12.2. The largest absolute Gasteiger partial charge is 0.380 e. The van der Waals surface area contributed by atoms with E-state index >= 15 is 0 Å². The summed E-state index contributed by atoms with van der Waals surface area (Å²) in [6.07, 6.45) is 2.06. The highest BCUT2D eigenvalue weighted by molar-refractivity contribution is 5.76. The monoisotopic (exact) mass is 258 g/mol. The highest BCUT2D eigenvalue weighted by atomic mass is 16.5. The molecule has 3 nitrogen and oxygen atoms in total. The summed E-state index contributed by atoms with van der Waals surface area (Å²) in [5.41, 5.74) is 10.6. The maximum absolute atomic E-state index is 6.00. The molecule has 0 spiro atoms. The van der Waals surface area contributed by atoms with Crippen LogP contribution in [0.1, 0.15) is 49.5 Å². The summed E-state index contributed by atoms with van der Waals surface area (Å²) in [5, 5.41) is 3.96. The molecule has 3 heteroatoms. The Morgan fingerprint density at radius 1 is 1.16 bits per heavy atom. The van der Waals surface area contributed by atoms with Crippen LogP contribution in [0.15, 0.2) is 22.7 Å². The van der Waals surface area contributed by atoms with Crippen molar-refractivity contribution in [2.45, 2.75) is 46.5 Å². The lowest BCUT2D eigenvalue weighted by molar-refractivity contribution is 0.356. The van der Waals surface area contributed by atoms with E-state index in [-0.39, 0.29) is 0 Å². The lowest BCUT2D eigenvalue weighted by Crippen LogP contribution is -1.97. The van der Waals surface area contributed by atoms with Crippen molar-refractivity contribution >= 4 is 5.82 Å². The fraction of sp³-hybridized carbons (Fsp3) is 0.438. The fourth-order valence-electron chi connectivity index (χ4n) is 2.44. The molecule has 19 heavy (non-hydrogen) atoms. The van der Waals surface area contributed by atoms with E-state index in [2.05, 4.69) is 51.1 Å². The molecule has 0 aliphatic heterocycles. The van der Waals surface area contributed by atoms with Crippen molar-refractivity contribution in [3.63, 3.8) is 0 Å². The second kappa shape index (κ2) is 5.47. The molecule has 1 heterocycles. The van der Waals surface area contributed by atoms with E-state index in [1.165, 1.54) is 11.1 Å². The summed E-state index contributed by atoms with van der Waals surface area (Å²) in [4.78, 5) is 0. The van der Waals surface area contributed by atoms with Crippen molar-refractivity contribution in [1.29, 1.82) is 0 Å². The molecule has 0 saturated carbocycles. The lowest BCUT2D eigenvalue weighted by atomic mass is 9.92. The first-order valence-corrected chi connectivity index (χ1v) is 6.91. The topological polar surface area (TPSA) is 52.0 Å². The van der Waals surface area contributed by atoms with Crippen LogP contribution in [0.3, 0.4) is 0 Å². The van der Waals surface area contributed by atoms with E-state index in [4.69, 9.17) is 10.3 Å². The van der Waals surface area contributed by atoms with Crippen LogP contribution >= 0.6 is 0 Å². The molecule has 2 N–H and O–H groups in total. The van der Waals surface area contributed by atoms with Crippen LogP contribution in [0.5, 0.6) is 0 Å². The third-order valence-corrected chi connectivity index (χ3v) is 3.90. The number of rotatable bonds is 4. The van der Waals surface area contributed by atoms with Crippen molar-refractivity contribution in [3.8, 4) is 11.1 Å². The minimum atomic E-state index is 0.376. The molecule has 0 atom stereocenters. The maximum atomic E-state index is 6.00. The fourth-order valence-corrected chi connectivity index (χ4v) is 2.44. The predicted molar refractivity (Wildman–Crippen MR) is 79.1 cm³/mol. The van der Waals surface area contributed by atoms with Crippen molar-refractivity contribution in [1.82, 2.24) is 5.16 Å². The number of hydrogen-bond donors (Lipinski definition) is 1. The van der Waals surface area contributed by atoms with Crippen LogP contribution in [0.2, 0.25) is 0 Å². The SMILES string of the molecule is CCC(CC)c1onc(N)c1-c1ccc(C)c(C)c1. The number of hydrogen-bond acceptors (Lipinski definition) is 3. The van der Waals surface area contributed by atoms with Crippen molar-refractivity contribution < 1.29 is 4.52 Å². The molecule has 0 aliphatic carbocycles. The van der Waals surface area contributed by atoms with Gasteiger partial charge in [-0.2, -0.15) is 0 Å². The first-order chi connectivity index (χ1) is 9.08. The Hall–Kier alpha value is -1.77. The molecular weight excluding hydrogens is 236 g/mol. The van der Waals surface area contributed by atoms with Crippen LogP contribution < -0.4 is 5.73 Å². The zero-order chi connectivity index (χ0) is 14.0. The first kappa shape index (κ1) is 13.7. The molecule has 0 fully saturated rings. The van der Waals surface area contributed by atoms with Crippen LogP contribution in [0.4, 0.5) is 5.82 Å². The second-order valence-corrected chi connectivity index (χ2v) is 5.12. The van der Waals surface area contributed by atoms with Gasteiger partial charge in [0, 0.05) is 5.92 Å². The molecule has 0 radical (unpaired) electrons. The van der Waals surface area contributed by atoms with Gasteiger partial charge in [0.1, 0.15) is 5.76 Å². The van der Waals surface area contributed by atoms with Gasteiger partial charge in [0.15, 0.2) is 5.82 Å². The molecule has 0 aliphatic rings. The van der Waals surface area contributed by atoms with Gasteiger partial charge in [-0.15, -0.1) is 0 Å². The lowest BCUT2D eigenvalue weighted by Gasteiger charge is -2.11. The predicted octanol–water partition coefficient (Wildman–Crippen LogP) is 4.44. The van der Waals surface area contributed by atoms with Gasteiger partial charge in [-0.25, -0.2) is 0 Å². The number of nitrogens with zero attached hydrogens (tertiary/aromatic N) is 1. The minimum Gasteiger partial charge on any atom is -0.380 e. The van der Waals surface area contributed by atoms with E-state index in [9.17, 15) is 0 Å². The molecular formula is C16H22N2O. The van der Waals surface area contributed by atoms with Crippen molar-refractivity contribution in [2.24, 2.45) is 0 Å². The average Bonchev–Trinajstić information content (AvgIpc) is 2.77. The summed E-state index contributed by atoms with van der Waals surface area (Å²) in [5.74, 6) is 1.79. The van der Waals surface area contributed by atoms with Crippen LogP contribution in [0.25, 0.3) is 11.1 Å². The van der Waals surface area contributed by atoms with Gasteiger partial charge in [0.05, 0.1) is 5.56 Å². The summed E-state index contributed by atoms with van der Waals surface area (Å²) in [7, 11) is 0.